The first-order valence-electron chi connectivity index (χ1n) is 7.32. The lowest BCUT2D eigenvalue weighted by atomic mass is 10.2. The van der Waals surface area contributed by atoms with Gasteiger partial charge in [0.25, 0.3) is 5.91 Å². The van der Waals surface area contributed by atoms with Gasteiger partial charge in [-0.15, -0.1) is 11.3 Å². The predicted molar refractivity (Wildman–Crippen MR) is 85.8 cm³/mol. The number of hydrogen-bond donors (Lipinski definition) is 0. The van der Waals surface area contributed by atoms with Gasteiger partial charge in [0.1, 0.15) is 5.69 Å². The maximum absolute atomic E-state index is 12.8. The number of rotatable bonds is 3. The van der Waals surface area contributed by atoms with Gasteiger partial charge in [-0.1, -0.05) is 6.07 Å². The third kappa shape index (κ3) is 3.04. The Kier molecular flexibility index (Phi) is 4.12. The number of aromatic nitrogens is 1. The fourth-order valence-electron chi connectivity index (χ4n) is 2.91. The number of thiophene rings is 1. The van der Waals surface area contributed by atoms with Gasteiger partial charge in [0.05, 0.1) is 6.54 Å². The molecule has 1 saturated heterocycles. The fourth-order valence-corrected chi connectivity index (χ4v) is 3.61. The maximum Gasteiger partial charge on any atom is 0.270 e. The van der Waals surface area contributed by atoms with E-state index in [9.17, 15) is 4.79 Å². The Bertz CT molecular complexity index is 605. The molecule has 2 aromatic heterocycles. The van der Waals surface area contributed by atoms with Crippen LogP contribution in [0.25, 0.3) is 0 Å². The average Bonchev–Trinajstić information content (AvgIpc) is 3.10. The van der Waals surface area contributed by atoms with Crippen molar-refractivity contribution in [2.45, 2.75) is 19.5 Å². The summed E-state index contributed by atoms with van der Waals surface area (Å²) in [5.41, 5.74) is 0.791. The molecule has 0 spiro atoms. The van der Waals surface area contributed by atoms with Crippen LogP contribution in [0.3, 0.4) is 0 Å². The summed E-state index contributed by atoms with van der Waals surface area (Å²) in [6.07, 6.45) is 1.99. The number of hydrogen-bond acceptors (Lipinski definition) is 3. The molecule has 4 nitrogen and oxygen atoms in total. The Morgan fingerprint density at radius 1 is 1.33 bits per heavy atom. The van der Waals surface area contributed by atoms with Crippen molar-refractivity contribution in [2.24, 2.45) is 0 Å². The number of carbonyl (C=O) groups excluding carboxylic acids is 1. The summed E-state index contributed by atoms with van der Waals surface area (Å²) in [5, 5.41) is 2.07. The number of nitrogens with zero attached hydrogens (tertiary/aromatic N) is 3. The molecule has 0 saturated carbocycles. The minimum absolute atomic E-state index is 0.150. The molecule has 1 aliphatic heterocycles. The molecule has 2 aromatic rings. The van der Waals surface area contributed by atoms with Crippen molar-refractivity contribution in [3.05, 3.63) is 46.4 Å². The monoisotopic (exact) mass is 303 g/mol. The minimum atomic E-state index is 0.150. The van der Waals surface area contributed by atoms with E-state index in [0.717, 1.165) is 31.9 Å². The molecule has 1 atom stereocenters. The molecule has 1 fully saturated rings. The van der Waals surface area contributed by atoms with E-state index >= 15 is 0 Å². The van der Waals surface area contributed by atoms with Crippen LogP contribution in [-0.4, -0.2) is 53.0 Å². The lowest BCUT2D eigenvalue weighted by Crippen LogP contribution is -2.53. The summed E-state index contributed by atoms with van der Waals surface area (Å²) in [6.45, 7) is 5.59. The van der Waals surface area contributed by atoms with Gasteiger partial charge in [-0.2, -0.15) is 0 Å². The summed E-state index contributed by atoms with van der Waals surface area (Å²) >= 11 is 1.73. The standard InChI is InChI=1S/C16H21N3OS/c1-13-11-17(2)8-9-19(13)16(20)15-6-3-7-18(15)12-14-5-4-10-21-14/h3-7,10,13H,8-9,11-12H2,1-2H3/t13-/m1/s1. The molecule has 5 heteroatoms. The average molecular weight is 303 g/mol. The van der Waals surface area contributed by atoms with Crippen molar-refractivity contribution in [1.82, 2.24) is 14.4 Å². The van der Waals surface area contributed by atoms with Crippen molar-refractivity contribution in [3.8, 4) is 0 Å². The Hall–Kier alpha value is -1.59. The summed E-state index contributed by atoms with van der Waals surface area (Å²) in [4.78, 5) is 18.4. The number of likely N-dealkylation sites (N-methyl/N-ethyl adjacent to an activating group) is 1. The normalized spacial score (nSPS) is 19.9. The van der Waals surface area contributed by atoms with Gasteiger partial charge in [-0.05, 0) is 37.6 Å². The zero-order chi connectivity index (χ0) is 14.8. The van der Waals surface area contributed by atoms with E-state index in [2.05, 4.69) is 34.9 Å². The Labute approximate surface area is 129 Å². The Morgan fingerprint density at radius 3 is 2.90 bits per heavy atom. The van der Waals surface area contributed by atoms with Gasteiger partial charge in [0.15, 0.2) is 0 Å². The third-order valence-electron chi connectivity index (χ3n) is 4.05. The predicted octanol–water partition coefficient (Wildman–Crippen LogP) is 2.37. The van der Waals surface area contributed by atoms with Crippen molar-refractivity contribution < 1.29 is 4.79 Å². The molecule has 3 heterocycles. The third-order valence-corrected chi connectivity index (χ3v) is 4.91. The van der Waals surface area contributed by atoms with E-state index in [1.807, 2.05) is 29.3 Å². The van der Waals surface area contributed by atoms with Crippen LogP contribution in [0.5, 0.6) is 0 Å². The topological polar surface area (TPSA) is 28.5 Å². The van der Waals surface area contributed by atoms with Crippen LogP contribution in [0.4, 0.5) is 0 Å². The molecule has 0 bridgehead atoms. The second-order valence-electron chi connectivity index (χ2n) is 5.71. The fraction of sp³-hybridized carbons (Fsp3) is 0.438. The lowest BCUT2D eigenvalue weighted by molar-refractivity contribution is 0.0523. The van der Waals surface area contributed by atoms with Crippen LogP contribution in [0.1, 0.15) is 22.3 Å². The molecule has 21 heavy (non-hydrogen) atoms. The molecule has 0 N–H and O–H groups in total. The van der Waals surface area contributed by atoms with Gasteiger partial charge in [-0.25, -0.2) is 0 Å². The van der Waals surface area contributed by atoms with Crippen molar-refractivity contribution >= 4 is 17.2 Å². The molecular weight excluding hydrogens is 282 g/mol. The van der Waals surface area contributed by atoms with Crippen molar-refractivity contribution in [2.75, 3.05) is 26.7 Å². The molecule has 1 aliphatic rings. The molecule has 0 unspecified atom stereocenters. The largest absolute Gasteiger partial charge is 0.338 e. The number of carbonyl (C=O) groups is 1. The van der Waals surface area contributed by atoms with Crippen LogP contribution in [0.2, 0.25) is 0 Å². The molecule has 3 rings (SSSR count). The smallest absolute Gasteiger partial charge is 0.270 e. The molecule has 0 aromatic carbocycles. The van der Waals surface area contributed by atoms with Crippen molar-refractivity contribution in [3.63, 3.8) is 0 Å². The molecular formula is C16H21N3OS. The molecule has 0 radical (unpaired) electrons. The van der Waals surface area contributed by atoms with E-state index in [1.165, 1.54) is 4.88 Å². The highest BCUT2D eigenvalue weighted by Gasteiger charge is 2.27. The van der Waals surface area contributed by atoms with E-state index in [0.29, 0.717) is 0 Å². The van der Waals surface area contributed by atoms with Crippen LogP contribution in [-0.2, 0) is 6.54 Å². The highest BCUT2D eigenvalue weighted by molar-refractivity contribution is 7.09. The zero-order valence-electron chi connectivity index (χ0n) is 12.5. The van der Waals surface area contributed by atoms with Gasteiger partial charge >= 0.3 is 0 Å². The number of amides is 1. The van der Waals surface area contributed by atoms with E-state index < -0.39 is 0 Å². The van der Waals surface area contributed by atoms with Crippen LogP contribution >= 0.6 is 11.3 Å². The summed E-state index contributed by atoms with van der Waals surface area (Å²) in [5.74, 6) is 0.150. The highest BCUT2D eigenvalue weighted by atomic mass is 32.1. The Balaban J connectivity index is 1.77. The van der Waals surface area contributed by atoms with E-state index in [-0.39, 0.29) is 11.9 Å². The van der Waals surface area contributed by atoms with Gasteiger partial charge in [0, 0.05) is 36.8 Å². The van der Waals surface area contributed by atoms with E-state index in [1.54, 1.807) is 11.3 Å². The summed E-state index contributed by atoms with van der Waals surface area (Å²) in [6, 6.07) is 8.31. The van der Waals surface area contributed by atoms with Crippen LogP contribution < -0.4 is 0 Å². The van der Waals surface area contributed by atoms with Crippen LogP contribution in [0, 0.1) is 0 Å². The van der Waals surface area contributed by atoms with Gasteiger partial charge in [-0.3, -0.25) is 4.79 Å². The SMILES string of the molecule is C[C@@H]1CN(C)CCN1C(=O)c1cccn1Cc1cccs1. The lowest BCUT2D eigenvalue weighted by Gasteiger charge is -2.38. The first-order valence-corrected chi connectivity index (χ1v) is 8.20. The van der Waals surface area contributed by atoms with Crippen LogP contribution in [0.15, 0.2) is 35.8 Å². The summed E-state index contributed by atoms with van der Waals surface area (Å²) < 4.78 is 2.05. The second-order valence-corrected chi connectivity index (χ2v) is 6.74. The highest BCUT2D eigenvalue weighted by Crippen LogP contribution is 2.17. The second kappa shape index (κ2) is 6.03. The minimum Gasteiger partial charge on any atom is -0.338 e. The summed E-state index contributed by atoms with van der Waals surface area (Å²) in [7, 11) is 2.11. The maximum atomic E-state index is 12.8. The van der Waals surface area contributed by atoms with Gasteiger partial charge in [0.2, 0.25) is 0 Å². The number of piperazine rings is 1. The molecule has 112 valence electrons. The zero-order valence-corrected chi connectivity index (χ0v) is 13.3. The van der Waals surface area contributed by atoms with E-state index in [4.69, 9.17) is 0 Å². The first-order chi connectivity index (χ1) is 10.1. The molecule has 1 amide bonds. The molecule has 0 aliphatic carbocycles. The first kappa shape index (κ1) is 14.4. The quantitative estimate of drug-likeness (QED) is 0.871. The van der Waals surface area contributed by atoms with Gasteiger partial charge < -0.3 is 14.4 Å². The van der Waals surface area contributed by atoms with Crippen molar-refractivity contribution in [1.29, 1.82) is 0 Å². The Morgan fingerprint density at radius 2 is 2.19 bits per heavy atom.